The highest BCUT2D eigenvalue weighted by atomic mass is 16.1. The number of H-pyrrole nitrogens is 1. The van der Waals surface area contributed by atoms with Crippen molar-refractivity contribution in [3.63, 3.8) is 0 Å². The Labute approximate surface area is 167 Å². The maximum atomic E-state index is 12.7. The zero-order valence-corrected chi connectivity index (χ0v) is 16.8. The third-order valence-corrected chi connectivity index (χ3v) is 5.12. The molecule has 2 aromatic carbocycles. The second kappa shape index (κ2) is 10.6. The molecule has 0 unspecified atom stereocenters. The van der Waals surface area contributed by atoms with E-state index in [4.69, 9.17) is 4.98 Å². The lowest BCUT2D eigenvalue weighted by atomic mass is 10.0. The van der Waals surface area contributed by atoms with Gasteiger partial charge in [0, 0.05) is 17.7 Å². The molecule has 0 bridgehead atoms. The molecule has 0 saturated carbocycles. The molecule has 0 atom stereocenters. The van der Waals surface area contributed by atoms with Gasteiger partial charge in [0.15, 0.2) is 0 Å². The Morgan fingerprint density at radius 3 is 2.18 bits per heavy atom. The lowest BCUT2D eigenvalue weighted by Gasteiger charge is -2.11. The molecule has 0 saturated heterocycles. The fraction of sp³-hybridized carbons (Fsp3) is 0.360. The maximum Gasteiger partial charge on any atom is 0.274 e. The van der Waals surface area contributed by atoms with Crippen molar-refractivity contribution in [1.82, 2.24) is 9.97 Å². The highest BCUT2D eigenvalue weighted by molar-refractivity contribution is 5.58. The van der Waals surface area contributed by atoms with Crippen molar-refractivity contribution < 1.29 is 0 Å². The van der Waals surface area contributed by atoms with Crippen LogP contribution in [0.4, 0.5) is 0 Å². The molecule has 0 fully saturated rings. The van der Waals surface area contributed by atoms with Gasteiger partial charge in [-0.2, -0.15) is 0 Å². The van der Waals surface area contributed by atoms with Crippen molar-refractivity contribution in [1.29, 1.82) is 0 Å². The van der Waals surface area contributed by atoms with Gasteiger partial charge < -0.3 is 4.98 Å². The summed E-state index contributed by atoms with van der Waals surface area (Å²) >= 11 is 0. The summed E-state index contributed by atoms with van der Waals surface area (Å²) in [6.45, 7) is 2.24. The van der Waals surface area contributed by atoms with Crippen LogP contribution >= 0.6 is 0 Å². The number of hydrogen-bond acceptors (Lipinski definition) is 2. The van der Waals surface area contributed by atoms with Gasteiger partial charge in [0.2, 0.25) is 0 Å². The Bertz CT molecular complexity index is 901. The summed E-state index contributed by atoms with van der Waals surface area (Å²) in [5, 5.41) is 0. The molecule has 3 nitrogen and oxygen atoms in total. The first-order chi connectivity index (χ1) is 13.8. The minimum Gasteiger partial charge on any atom is -0.323 e. The van der Waals surface area contributed by atoms with E-state index >= 15 is 0 Å². The monoisotopic (exact) mass is 374 g/mol. The number of nitrogens with zero attached hydrogens (tertiary/aromatic N) is 1. The molecule has 0 radical (unpaired) electrons. The molecule has 1 aromatic heterocycles. The normalized spacial score (nSPS) is 10.9. The first kappa shape index (κ1) is 20.1. The van der Waals surface area contributed by atoms with E-state index in [1.165, 1.54) is 37.7 Å². The molecule has 0 spiro atoms. The Hall–Kier alpha value is -2.68. The average Bonchev–Trinajstić information content (AvgIpc) is 2.73. The number of benzene rings is 2. The maximum absolute atomic E-state index is 12.7. The topological polar surface area (TPSA) is 45.8 Å². The van der Waals surface area contributed by atoms with Crippen LogP contribution in [0.2, 0.25) is 0 Å². The lowest BCUT2D eigenvalue weighted by Crippen LogP contribution is -2.18. The third-order valence-electron chi connectivity index (χ3n) is 5.12. The predicted octanol–water partition coefficient (Wildman–Crippen LogP) is 5.93. The van der Waals surface area contributed by atoms with Gasteiger partial charge in [0.05, 0.1) is 5.69 Å². The Morgan fingerprint density at radius 1 is 0.821 bits per heavy atom. The molecular formula is C25H30N2O. The molecule has 146 valence electrons. The van der Waals surface area contributed by atoms with Gasteiger partial charge in [-0.05, 0) is 18.4 Å². The molecule has 0 aliphatic heterocycles. The van der Waals surface area contributed by atoms with Crippen LogP contribution in [0.1, 0.15) is 62.4 Å². The summed E-state index contributed by atoms with van der Waals surface area (Å²) in [5.41, 5.74) is 4.47. The van der Waals surface area contributed by atoms with Crippen molar-refractivity contribution in [2.75, 3.05) is 0 Å². The van der Waals surface area contributed by atoms with Crippen LogP contribution in [0.5, 0.6) is 0 Å². The molecule has 3 heteroatoms. The predicted molar refractivity (Wildman–Crippen MR) is 117 cm³/mol. The zero-order chi connectivity index (χ0) is 19.6. The minimum atomic E-state index is -0.0935. The van der Waals surface area contributed by atoms with Gasteiger partial charge in [0.1, 0.15) is 5.69 Å². The van der Waals surface area contributed by atoms with E-state index in [0.717, 1.165) is 36.2 Å². The Morgan fingerprint density at radius 2 is 1.46 bits per heavy atom. The first-order valence-electron chi connectivity index (χ1n) is 10.5. The summed E-state index contributed by atoms with van der Waals surface area (Å²) in [6, 6.07) is 20.1. The van der Waals surface area contributed by atoms with E-state index in [1.54, 1.807) is 0 Å². The van der Waals surface area contributed by atoms with Gasteiger partial charge in [-0.25, -0.2) is 4.98 Å². The first-order valence-corrected chi connectivity index (χ1v) is 10.5. The Balaban J connectivity index is 1.82. The summed E-state index contributed by atoms with van der Waals surface area (Å²) in [6.07, 6.45) is 9.05. The van der Waals surface area contributed by atoms with E-state index in [0.29, 0.717) is 5.69 Å². The van der Waals surface area contributed by atoms with Crippen LogP contribution in [0.25, 0.3) is 11.3 Å². The summed E-state index contributed by atoms with van der Waals surface area (Å²) in [5.74, 6) is 0. The van der Waals surface area contributed by atoms with Crippen LogP contribution in [0.3, 0.4) is 0 Å². The number of rotatable bonds is 10. The van der Waals surface area contributed by atoms with Crippen LogP contribution < -0.4 is 5.56 Å². The van der Waals surface area contributed by atoms with E-state index in [2.05, 4.69) is 24.0 Å². The van der Waals surface area contributed by atoms with Crippen molar-refractivity contribution in [2.24, 2.45) is 0 Å². The number of unbranched alkanes of at least 4 members (excludes halogenated alkanes) is 5. The van der Waals surface area contributed by atoms with Crippen LogP contribution in [-0.4, -0.2) is 9.97 Å². The number of aryl methyl sites for hydroxylation is 1. The smallest absolute Gasteiger partial charge is 0.274 e. The van der Waals surface area contributed by atoms with Gasteiger partial charge in [-0.15, -0.1) is 0 Å². The van der Waals surface area contributed by atoms with Crippen LogP contribution in [0, 0.1) is 0 Å². The quantitative estimate of drug-likeness (QED) is 0.447. The number of aromatic amines is 1. The lowest BCUT2D eigenvalue weighted by molar-refractivity contribution is 0.602. The highest BCUT2D eigenvalue weighted by Gasteiger charge is 2.13. The van der Waals surface area contributed by atoms with Crippen molar-refractivity contribution in [3.05, 3.63) is 88.0 Å². The van der Waals surface area contributed by atoms with E-state index in [-0.39, 0.29) is 5.56 Å². The van der Waals surface area contributed by atoms with E-state index in [1.807, 2.05) is 48.5 Å². The molecule has 1 N–H and O–H groups in total. The third kappa shape index (κ3) is 5.66. The molecule has 28 heavy (non-hydrogen) atoms. The largest absolute Gasteiger partial charge is 0.323 e. The van der Waals surface area contributed by atoms with Crippen LogP contribution in [-0.2, 0) is 12.8 Å². The van der Waals surface area contributed by atoms with E-state index < -0.39 is 0 Å². The highest BCUT2D eigenvalue weighted by Crippen LogP contribution is 2.18. The van der Waals surface area contributed by atoms with Gasteiger partial charge in [-0.1, -0.05) is 99.7 Å². The summed E-state index contributed by atoms with van der Waals surface area (Å²) in [7, 11) is 0. The molecule has 0 aliphatic rings. The number of aromatic nitrogens is 2. The SMILES string of the molecule is CCCCCCCCc1[nH]c(=O)c(-c2ccccc2)nc1Cc1ccccc1. The molecule has 1 heterocycles. The number of hydrogen-bond donors (Lipinski definition) is 1. The summed E-state index contributed by atoms with van der Waals surface area (Å²) in [4.78, 5) is 20.7. The van der Waals surface area contributed by atoms with Crippen molar-refractivity contribution in [2.45, 2.75) is 58.3 Å². The summed E-state index contributed by atoms with van der Waals surface area (Å²) < 4.78 is 0. The number of nitrogens with one attached hydrogen (secondary N) is 1. The fourth-order valence-corrected chi connectivity index (χ4v) is 3.54. The Kier molecular flexibility index (Phi) is 7.60. The van der Waals surface area contributed by atoms with Crippen molar-refractivity contribution in [3.8, 4) is 11.3 Å². The van der Waals surface area contributed by atoms with Gasteiger partial charge >= 0.3 is 0 Å². The second-order valence-electron chi connectivity index (χ2n) is 7.39. The molecule has 3 aromatic rings. The molecule has 3 rings (SSSR count). The van der Waals surface area contributed by atoms with E-state index in [9.17, 15) is 4.79 Å². The molecule has 0 aliphatic carbocycles. The molecular weight excluding hydrogens is 344 g/mol. The molecule has 0 amide bonds. The average molecular weight is 375 g/mol. The van der Waals surface area contributed by atoms with Gasteiger partial charge in [-0.3, -0.25) is 4.79 Å². The minimum absolute atomic E-state index is 0.0935. The second-order valence-corrected chi connectivity index (χ2v) is 7.39. The fourth-order valence-electron chi connectivity index (χ4n) is 3.54. The standard InChI is InChI=1S/C25H30N2O/c1-2-3-4-5-6-13-18-22-23(19-20-14-9-7-10-15-20)26-24(25(28)27-22)21-16-11-8-12-17-21/h7-12,14-17H,2-6,13,18-19H2,1H3,(H,27,28). The van der Waals surface area contributed by atoms with Crippen LogP contribution in [0.15, 0.2) is 65.5 Å². The van der Waals surface area contributed by atoms with Gasteiger partial charge in [0.25, 0.3) is 5.56 Å². The zero-order valence-electron chi connectivity index (χ0n) is 16.8. The van der Waals surface area contributed by atoms with Crippen molar-refractivity contribution >= 4 is 0 Å².